The standard InChI is InChI=1S/C6H10N4OS.C6H9N3OS.C5H8N4OS.2CH4.2Y/c1-4-8-6(10-9-4)12-3-5(11)7-2;1-4-8-2-6(9-4)11-3-5(7)10;1-3-7-5(9-8-3)11-2-4(6)10;;;;/h3H2,1-2H3,(H,7,11)(H,8,9,10);2-3H2,1H3,(H2,7,10);2H2,1H3,(H3,6,7,8,9,10);2*1H4;;/p-2. The zero-order valence-electron chi connectivity index (χ0n) is 20.1. The number of aromatic nitrogens is 6. The van der Waals surface area contributed by atoms with Gasteiger partial charge in [-0.15, -0.1) is 22.0 Å². The number of H-pyrrole nitrogens is 2. The molecule has 3 heterocycles. The van der Waals surface area contributed by atoms with E-state index in [0.29, 0.717) is 28.4 Å². The molecule has 0 spiro atoms. The molecule has 19 heteroatoms. The predicted molar refractivity (Wildman–Crippen MR) is 148 cm³/mol. The van der Waals surface area contributed by atoms with Crippen LogP contribution in [0.5, 0.6) is 0 Å². The molecule has 1 aliphatic rings. The largest absolute Gasteiger partial charge is 0.667 e. The Labute approximate surface area is 286 Å². The molecule has 2 aromatic heterocycles. The molecule has 208 valence electrons. The SMILES string of the molecule is C.C.CC1=NCC(SCC([NH-])=O)=N1.CNC(=O)CSc1n[nH]c(C)n1.Cc1nc(SCC([NH-])=O)n[nH]1.[Y].[Y]. The first kappa shape index (κ1) is 44.3. The van der Waals surface area contributed by atoms with Crippen molar-refractivity contribution in [3.63, 3.8) is 0 Å². The Morgan fingerprint density at radius 1 is 0.842 bits per heavy atom. The molecule has 1 aliphatic heterocycles. The van der Waals surface area contributed by atoms with Crippen molar-refractivity contribution in [1.82, 2.24) is 35.7 Å². The number of nitrogens with one attached hydrogen (secondary N) is 5. The number of hydrogen-bond acceptors (Lipinski definition) is 12. The van der Waals surface area contributed by atoms with Crippen LogP contribution in [0.2, 0.25) is 0 Å². The Morgan fingerprint density at radius 2 is 1.29 bits per heavy atom. The van der Waals surface area contributed by atoms with Crippen LogP contribution in [-0.4, -0.2) is 89.8 Å². The van der Waals surface area contributed by atoms with Crippen molar-refractivity contribution in [2.24, 2.45) is 9.98 Å². The number of carbonyl (C=O) groups excluding carboxylic acids is 3. The maximum atomic E-state index is 10.8. The number of hydrogen-bond donors (Lipinski definition) is 3. The van der Waals surface area contributed by atoms with Crippen molar-refractivity contribution in [3.8, 4) is 0 Å². The van der Waals surface area contributed by atoms with Gasteiger partial charge in [0.05, 0.1) is 29.2 Å². The molecular weight excluding hydrogens is 704 g/mol. The van der Waals surface area contributed by atoms with Gasteiger partial charge in [0.15, 0.2) is 0 Å². The van der Waals surface area contributed by atoms with Crippen LogP contribution in [0.1, 0.15) is 33.4 Å². The van der Waals surface area contributed by atoms with E-state index in [2.05, 4.69) is 45.7 Å². The van der Waals surface area contributed by atoms with Gasteiger partial charge in [-0.1, -0.05) is 38.4 Å². The number of carbonyl (C=O) groups is 3. The zero-order valence-corrected chi connectivity index (χ0v) is 28.2. The Kier molecular flexibility index (Phi) is 29.5. The first-order chi connectivity index (χ1) is 16.1. The van der Waals surface area contributed by atoms with E-state index in [1.165, 1.54) is 23.5 Å². The summed E-state index contributed by atoms with van der Waals surface area (Å²) in [5.74, 6) is 1.67. The molecule has 0 aliphatic carbocycles. The average molecular weight is 738 g/mol. The average Bonchev–Trinajstić information content (AvgIpc) is 3.51. The van der Waals surface area contributed by atoms with Crippen molar-refractivity contribution < 1.29 is 79.8 Å². The van der Waals surface area contributed by atoms with Crippen molar-refractivity contribution >= 4 is 63.9 Å². The minimum absolute atomic E-state index is 0. The minimum Gasteiger partial charge on any atom is -0.667 e. The molecular formula is C19H33N11O3S3Y2-2. The number of thioether (sulfide) groups is 3. The second kappa shape index (κ2) is 25.3. The van der Waals surface area contributed by atoms with Gasteiger partial charge in [-0.2, -0.15) is 0 Å². The fraction of sp³-hybridized carbons (Fsp3) is 0.526. The molecule has 3 rings (SSSR count). The molecule has 0 unspecified atom stereocenters. The monoisotopic (exact) mass is 737 g/mol. The first-order valence-corrected chi connectivity index (χ1v) is 12.5. The number of aryl methyl sites for hydroxylation is 2. The van der Waals surface area contributed by atoms with E-state index in [1.54, 1.807) is 14.0 Å². The summed E-state index contributed by atoms with van der Waals surface area (Å²) in [7, 11) is 1.60. The fourth-order valence-electron chi connectivity index (χ4n) is 1.77. The summed E-state index contributed by atoms with van der Waals surface area (Å²) in [5.41, 5.74) is 13.2. The predicted octanol–water partition coefficient (Wildman–Crippen LogP) is 3.13. The van der Waals surface area contributed by atoms with E-state index >= 15 is 0 Å². The quantitative estimate of drug-likeness (QED) is 0.336. The summed E-state index contributed by atoms with van der Waals surface area (Å²) >= 11 is 3.76. The molecule has 0 aromatic carbocycles. The molecule has 0 fully saturated rings. The normalized spacial score (nSPS) is 10.6. The fourth-order valence-corrected chi connectivity index (χ4v) is 3.70. The Hall–Kier alpha value is -0.712. The summed E-state index contributed by atoms with van der Waals surface area (Å²) in [6.07, 6.45) is 0. The van der Waals surface area contributed by atoms with Gasteiger partial charge < -0.3 is 26.4 Å². The van der Waals surface area contributed by atoms with Crippen LogP contribution >= 0.6 is 35.3 Å². The maximum Gasteiger partial charge on any atom is 0.230 e. The summed E-state index contributed by atoms with van der Waals surface area (Å²) in [4.78, 5) is 47.3. The topological polar surface area (TPSA) is 219 Å². The Balaban J connectivity index is -0.000000217. The molecule has 14 nitrogen and oxygen atoms in total. The molecule has 0 saturated carbocycles. The molecule has 38 heavy (non-hydrogen) atoms. The van der Waals surface area contributed by atoms with Gasteiger partial charge in [0.25, 0.3) is 0 Å². The third-order valence-electron chi connectivity index (χ3n) is 3.20. The van der Waals surface area contributed by atoms with Gasteiger partial charge in [-0.25, -0.2) is 15.0 Å². The first-order valence-electron chi connectivity index (χ1n) is 9.53. The summed E-state index contributed by atoms with van der Waals surface area (Å²) in [6.45, 7) is 5.98. The maximum absolute atomic E-state index is 10.8. The molecule has 2 radical (unpaired) electrons. The van der Waals surface area contributed by atoms with Crippen molar-refractivity contribution in [1.29, 1.82) is 0 Å². The van der Waals surface area contributed by atoms with Gasteiger partial charge in [0, 0.05) is 84.0 Å². The summed E-state index contributed by atoms with van der Waals surface area (Å²) < 4.78 is 0. The number of nitrogens with zero attached hydrogens (tertiary/aromatic N) is 6. The number of amides is 3. The number of aromatic amines is 2. The van der Waals surface area contributed by atoms with E-state index in [4.69, 9.17) is 11.5 Å². The van der Waals surface area contributed by atoms with Crippen LogP contribution in [0.3, 0.4) is 0 Å². The van der Waals surface area contributed by atoms with Crippen LogP contribution in [0.25, 0.3) is 11.5 Å². The van der Waals surface area contributed by atoms with E-state index in [0.717, 1.165) is 28.5 Å². The molecule has 2 aromatic rings. The molecule has 0 atom stereocenters. The van der Waals surface area contributed by atoms with Gasteiger partial charge >= 0.3 is 0 Å². The summed E-state index contributed by atoms with van der Waals surface area (Å²) in [5, 5.41) is 17.5. The number of aliphatic imine (C=N–C) groups is 2. The van der Waals surface area contributed by atoms with Gasteiger partial charge in [0.2, 0.25) is 16.2 Å². The Bertz CT molecular complexity index is 1030. The van der Waals surface area contributed by atoms with E-state index in [9.17, 15) is 14.4 Å². The van der Waals surface area contributed by atoms with Gasteiger partial charge in [-0.3, -0.25) is 20.0 Å². The molecule has 0 saturated heterocycles. The van der Waals surface area contributed by atoms with Crippen molar-refractivity contribution in [2.45, 2.75) is 45.9 Å². The number of amidine groups is 1. The summed E-state index contributed by atoms with van der Waals surface area (Å²) in [6, 6.07) is 0. The number of rotatable bonds is 8. The van der Waals surface area contributed by atoms with Crippen molar-refractivity contribution in [3.05, 3.63) is 23.1 Å². The minimum atomic E-state index is -0.613. The van der Waals surface area contributed by atoms with Gasteiger partial charge in [0.1, 0.15) is 17.5 Å². The van der Waals surface area contributed by atoms with E-state index in [-0.39, 0.29) is 97.7 Å². The van der Waals surface area contributed by atoms with Gasteiger partial charge in [-0.05, 0) is 20.8 Å². The van der Waals surface area contributed by atoms with Crippen LogP contribution in [0, 0.1) is 13.8 Å². The zero-order chi connectivity index (χ0) is 25.5. The van der Waals surface area contributed by atoms with Crippen LogP contribution in [-0.2, 0) is 79.8 Å². The molecule has 0 bridgehead atoms. The van der Waals surface area contributed by atoms with Crippen LogP contribution in [0.4, 0.5) is 0 Å². The smallest absolute Gasteiger partial charge is 0.230 e. The molecule has 5 N–H and O–H groups in total. The third kappa shape index (κ3) is 22.1. The third-order valence-corrected chi connectivity index (χ3v) is 5.85. The van der Waals surface area contributed by atoms with E-state index in [1.807, 2.05) is 13.8 Å². The van der Waals surface area contributed by atoms with Crippen molar-refractivity contribution in [2.75, 3.05) is 30.9 Å². The second-order valence-corrected chi connectivity index (χ2v) is 9.09. The van der Waals surface area contributed by atoms with Crippen LogP contribution < -0.4 is 5.32 Å². The van der Waals surface area contributed by atoms with Crippen LogP contribution in [0.15, 0.2) is 20.3 Å². The van der Waals surface area contributed by atoms with E-state index < -0.39 is 11.8 Å². The Morgan fingerprint density at radius 3 is 1.63 bits per heavy atom. The molecule has 3 amide bonds. The second-order valence-electron chi connectivity index (χ2n) is 6.16.